The van der Waals surface area contributed by atoms with E-state index in [-0.39, 0.29) is 11.8 Å². The van der Waals surface area contributed by atoms with Crippen LogP contribution in [-0.4, -0.2) is 72.3 Å². The second kappa shape index (κ2) is 11.7. The number of likely N-dealkylation sites (tertiary alicyclic amines) is 1. The zero-order chi connectivity index (χ0) is 22.9. The number of carbonyl (C=O) groups excluding carboxylic acids is 2. The van der Waals surface area contributed by atoms with Crippen molar-refractivity contribution in [2.45, 2.75) is 25.9 Å². The molecule has 0 N–H and O–H groups in total. The Morgan fingerprint density at radius 1 is 0.879 bits per heavy atom. The third kappa shape index (κ3) is 6.93. The first-order chi connectivity index (χ1) is 16.2. The summed E-state index contributed by atoms with van der Waals surface area (Å²) in [6.45, 7) is 6.17. The lowest BCUT2D eigenvalue weighted by Crippen LogP contribution is -2.39. The van der Waals surface area contributed by atoms with E-state index < -0.39 is 0 Å². The smallest absolute Gasteiger partial charge is 0.246 e. The monoisotopic (exact) mass is 447 g/mol. The Bertz CT molecular complexity index is 937. The van der Waals surface area contributed by atoms with Crippen molar-refractivity contribution in [2.24, 2.45) is 0 Å². The van der Waals surface area contributed by atoms with Crippen molar-refractivity contribution < 1.29 is 14.3 Å². The predicted molar refractivity (Wildman–Crippen MR) is 130 cm³/mol. The molecule has 0 saturated carbocycles. The van der Waals surface area contributed by atoms with Crippen LogP contribution in [0.4, 0.5) is 0 Å². The minimum Gasteiger partial charge on any atom is -0.489 e. The summed E-state index contributed by atoms with van der Waals surface area (Å²) in [5, 5.41) is 0. The van der Waals surface area contributed by atoms with Gasteiger partial charge in [-0.3, -0.25) is 9.59 Å². The van der Waals surface area contributed by atoms with Gasteiger partial charge in [-0.25, -0.2) is 0 Å². The molecule has 2 heterocycles. The normalized spacial score (nSPS) is 17.5. The fraction of sp³-hybridized carbons (Fsp3) is 0.407. The second-order valence-corrected chi connectivity index (χ2v) is 8.68. The molecule has 2 saturated heterocycles. The van der Waals surface area contributed by atoms with Crippen molar-refractivity contribution in [1.82, 2.24) is 14.7 Å². The van der Waals surface area contributed by atoms with Crippen LogP contribution >= 0.6 is 0 Å². The highest BCUT2D eigenvalue weighted by atomic mass is 16.5. The highest BCUT2D eigenvalue weighted by molar-refractivity contribution is 5.92. The Hall–Kier alpha value is -3.12. The number of rotatable bonds is 8. The number of amides is 2. The lowest BCUT2D eigenvalue weighted by molar-refractivity contribution is -0.130. The average molecular weight is 448 g/mol. The summed E-state index contributed by atoms with van der Waals surface area (Å²) in [7, 11) is 0. The van der Waals surface area contributed by atoms with E-state index in [2.05, 4.69) is 4.90 Å². The maximum absolute atomic E-state index is 12.7. The predicted octanol–water partition coefficient (Wildman–Crippen LogP) is 3.44. The molecule has 2 amide bonds. The Labute approximate surface area is 196 Å². The molecule has 0 bridgehead atoms. The molecule has 174 valence electrons. The van der Waals surface area contributed by atoms with Crippen molar-refractivity contribution in [2.75, 3.05) is 45.8 Å². The molecular formula is C27H33N3O3. The van der Waals surface area contributed by atoms with Crippen LogP contribution in [0.15, 0.2) is 60.7 Å². The van der Waals surface area contributed by atoms with Crippen LogP contribution in [0.1, 0.15) is 30.4 Å². The van der Waals surface area contributed by atoms with Gasteiger partial charge in [-0.1, -0.05) is 42.5 Å². The van der Waals surface area contributed by atoms with Crippen LogP contribution in [0.25, 0.3) is 6.08 Å². The van der Waals surface area contributed by atoms with E-state index in [0.29, 0.717) is 32.7 Å². The lowest BCUT2D eigenvalue weighted by Gasteiger charge is -2.24. The van der Waals surface area contributed by atoms with E-state index >= 15 is 0 Å². The van der Waals surface area contributed by atoms with Gasteiger partial charge in [-0.15, -0.1) is 0 Å². The first kappa shape index (κ1) is 23.1. The zero-order valence-corrected chi connectivity index (χ0v) is 19.2. The van der Waals surface area contributed by atoms with Gasteiger partial charge in [0, 0.05) is 45.2 Å². The lowest BCUT2D eigenvalue weighted by atomic mass is 10.2. The Kier molecular flexibility index (Phi) is 8.14. The van der Waals surface area contributed by atoms with Gasteiger partial charge in [0.2, 0.25) is 11.8 Å². The average Bonchev–Trinajstić information content (AvgIpc) is 3.30. The highest BCUT2D eigenvalue weighted by Crippen LogP contribution is 2.16. The minimum atomic E-state index is -0.0476. The maximum Gasteiger partial charge on any atom is 0.246 e. The molecular weight excluding hydrogens is 414 g/mol. The van der Waals surface area contributed by atoms with E-state index in [1.807, 2.05) is 65.6 Å². The number of hydrogen-bond acceptors (Lipinski definition) is 4. The van der Waals surface area contributed by atoms with Crippen molar-refractivity contribution in [3.05, 3.63) is 71.8 Å². The van der Waals surface area contributed by atoms with Crippen LogP contribution in [0.3, 0.4) is 0 Å². The van der Waals surface area contributed by atoms with Gasteiger partial charge in [0.1, 0.15) is 12.4 Å². The molecule has 0 spiro atoms. The molecule has 0 radical (unpaired) electrons. The van der Waals surface area contributed by atoms with Crippen molar-refractivity contribution in [3.63, 3.8) is 0 Å². The van der Waals surface area contributed by atoms with Crippen LogP contribution < -0.4 is 4.74 Å². The standard InChI is InChI=1S/C27H33N3O3/c31-26(29-17-14-27(32)30(21-20-29)19-18-28-15-4-5-16-28)13-10-23-8-11-25(12-9-23)33-22-24-6-2-1-3-7-24/h1-3,6-13H,4-5,14-22H2. The molecule has 4 rings (SSSR count). The van der Waals surface area contributed by atoms with Gasteiger partial charge in [0.15, 0.2) is 0 Å². The summed E-state index contributed by atoms with van der Waals surface area (Å²) in [4.78, 5) is 31.3. The molecule has 6 heteroatoms. The molecule has 2 fully saturated rings. The first-order valence-corrected chi connectivity index (χ1v) is 11.9. The van der Waals surface area contributed by atoms with Gasteiger partial charge in [0.05, 0.1) is 0 Å². The van der Waals surface area contributed by atoms with E-state index in [1.54, 1.807) is 11.0 Å². The largest absolute Gasteiger partial charge is 0.489 e. The SMILES string of the molecule is O=C(C=Cc1ccc(OCc2ccccc2)cc1)N1CCC(=O)N(CCN2CCCC2)CC1. The summed E-state index contributed by atoms with van der Waals surface area (Å²) >= 11 is 0. The molecule has 0 aliphatic carbocycles. The molecule has 0 aromatic heterocycles. The fourth-order valence-electron chi connectivity index (χ4n) is 4.28. The molecule has 33 heavy (non-hydrogen) atoms. The Morgan fingerprint density at radius 2 is 1.64 bits per heavy atom. The molecule has 6 nitrogen and oxygen atoms in total. The van der Waals surface area contributed by atoms with E-state index in [1.165, 1.54) is 12.8 Å². The molecule has 2 aliphatic heterocycles. The van der Waals surface area contributed by atoms with Gasteiger partial charge < -0.3 is 19.4 Å². The van der Waals surface area contributed by atoms with Crippen LogP contribution in [-0.2, 0) is 16.2 Å². The van der Waals surface area contributed by atoms with E-state index in [4.69, 9.17) is 4.74 Å². The van der Waals surface area contributed by atoms with E-state index in [0.717, 1.165) is 43.1 Å². The number of hydrogen-bond donors (Lipinski definition) is 0. The fourth-order valence-corrected chi connectivity index (χ4v) is 4.28. The third-order valence-corrected chi connectivity index (χ3v) is 6.33. The van der Waals surface area contributed by atoms with Gasteiger partial charge in [-0.2, -0.15) is 0 Å². The van der Waals surface area contributed by atoms with E-state index in [9.17, 15) is 9.59 Å². The van der Waals surface area contributed by atoms with Crippen LogP contribution in [0.5, 0.6) is 5.75 Å². The number of benzene rings is 2. The molecule has 2 aromatic carbocycles. The summed E-state index contributed by atoms with van der Waals surface area (Å²) < 4.78 is 5.82. The first-order valence-electron chi connectivity index (χ1n) is 11.9. The summed E-state index contributed by atoms with van der Waals surface area (Å²) in [5.74, 6) is 0.899. The Balaban J connectivity index is 1.24. The molecule has 2 aromatic rings. The van der Waals surface area contributed by atoms with Crippen LogP contribution in [0, 0.1) is 0 Å². The zero-order valence-electron chi connectivity index (χ0n) is 19.2. The quantitative estimate of drug-likeness (QED) is 0.582. The topological polar surface area (TPSA) is 53.1 Å². The summed E-state index contributed by atoms with van der Waals surface area (Å²) in [6.07, 6.45) is 6.33. The molecule has 2 aliphatic rings. The van der Waals surface area contributed by atoms with Gasteiger partial charge in [0.25, 0.3) is 0 Å². The van der Waals surface area contributed by atoms with Crippen molar-refractivity contribution in [3.8, 4) is 5.75 Å². The van der Waals surface area contributed by atoms with Crippen molar-refractivity contribution >= 4 is 17.9 Å². The maximum atomic E-state index is 12.7. The summed E-state index contributed by atoms with van der Waals surface area (Å²) in [5.41, 5.74) is 2.06. The third-order valence-electron chi connectivity index (χ3n) is 6.33. The van der Waals surface area contributed by atoms with Gasteiger partial charge >= 0.3 is 0 Å². The molecule has 0 unspecified atom stereocenters. The summed E-state index contributed by atoms with van der Waals surface area (Å²) in [6, 6.07) is 17.8. The van der Waals surface area contributed by atoms with Crippen molar-refractivity contribution in [1.29, 1.82) is 0 Å². The van der Waals surface area contributed by atoms with Crippen LogP contribution in [0.2, 0.25) is 0 Å². The molecule has 0 atom stereocenters. The number of ether oxygens (including phenoxy) is 1. The second-order valence-electron chi connectivity index (χ2n) is 8.68. The highest BCUT2D eigenvalue weighted by Gasteiger charge is 2.23. The Morgan fingerprint density at radius 3 is 2.39 bits per heavy atom. The minimum absolute atomic E-state index is 0.0476. The van der Waals surface area contributed by atoms with Gasteiger partial charge in [-0.05, 0) is 55.3 Å². The number of carbonyl (C=O) groups is 2. The number of nitrogens with zero attached hydrogens (tertiary/aromatic N) is 3.